The Kier molecular flexibility index (Phi) is 4.25. The molecule has 1 aliphatic carbocycles. The van der Waals surface area contributed by atoms with E-state index in [-0.39, 0.29) is 0 Å². The van der Waals surface area contributed by atoms with E-state index in [0.29, 0.717) is 30.9 Å². The summed E-state index contributed by atoms with van der Waals surface area (Å²) in [5.41, 5.74) is 1.51. The maximum absolute atomic E-state index is 12.1. The van der Waals surface area contributed by atoms with E-state index in [1.165, 1.54) is 5.56 Å². The highest BCUT2D eigenvalue weighted by Crippen LogP contribution is 2.46. The lowest BCUT2D eigenvalue weighted by atomic mass is 10.1. The molecule has 0 spiro atoms. The van der Waals surface area contributed by atoms with E-state index in [9.17, 15) is 9.59 Å². The number of anilines is 1. The maximum Gasteiger partial charge on any atom is 0.319 e. The zero-order chi connectivity index (χ0) is 17.2. The van der Waals surface area contributed by atoms with Gasteiger partial charge in [-0.05, 0) is 37.5 Å². The molecular weight excluding hydrogens is 306 g/mol. The van der Waals surface area contributed by atoms with Gasteiger partial charge in [-0.25, -0.2) is 0 Å². The molecule has 0 atom stereocenters. The fourth-order valence-electron chi connectivity index (χ4n) is 2.55. The summed E-state index contributed by atoms with van der Waals surface area (Å²) in [4.78, 5) is 23.3. The van der Waals surface area contributed by atoms with E-state index in [4.69, 9.17) is 9.84 Å². The van der Waals surface area contributed by atoms with E-state index in [1.807, 2.05) is 25.1 Å². The average molecular weight is 325 g/mol. The van der Waals surface area contributed by atoms with Crippen LogP contribution < -0.4 is 10.1 Å². The molecule has 0 radical (unpaired) electrons. The van der Waals surface area contributed by atoms with Crippen LogP contribution in [0.3, 0.4) is 0 Å². The minimum atomic E-state index is -1.25. The van der Waals surface area contributed by atoms with Gasteiger partial charge in [0, 0.05) is 11.8 Å². The Hall–Kier alpha value is -2.82. The number of ether oxygens (including phenoxy) is 1. The topological polar surface area (TPSA) is 75.6 Å². The van der Waals surface area contributed by atoms with Gasteiger partial charge < -0.3 is 15.2 Å². The zero-order valence-corrected chi connectivity index (χ0v) is 13.4. The van der Waals surface area contributed by atoms with Gasteiger partial charge in [-0.3, -0.25) is 9.59 Å². The molecule has 1 amide bonds. The number of hydrogen-bond donors (Lipinski definition) is 2. The predicted octanol–water partition coefficient (Wildman–Crippen LogP) is 3.38. The second-order valence-electron chi connectivity index (χ2n) is 6.15. The van der Waals surface area contributed by atoms with Crippen LogP contribution >= 0.6 is 0 Å². The lowest BCUT2D eigenvalue weighted by Gasteiger charge is -2.12. The number of amides is 1. The lowest BCUT2D eigenvalue weighted by Crippen LogP contribution is -2.31. The highest BCUT2D eigenvalue weighted by atomic mass is 16.5. The summed E-state index contributed by atoms with van der Waals surface area (Å²) in [7, 11) is 0. The molecule has 2 aromatic carbocycles. The summed E-state index contributed by atoms with van der Waals surface area (Å²) >= 11 is 0. The third kappa shape index (κ3) is 3.40. The Labute approximate surface area is 140 Å². The first-order valence-electron chi connectivity index (χ1n) is 7.83. The quantitative estimate of drug-likeness (QED) is 0.798. The SMILES string of the molecule is Cc1cccc(COc2cccc(NC(=O)C3(C(=O)O)CC3)c2)c1. The van der Waals surface area contributed by atoms with E-state index in [1.54, 1.807) is 24.3 Å². The number of hydrogen-bond acceptors (Lipinski definition) is 3. The van der Waals surface area contributed by atoms with E-state index < -0.39 is 17.3 Å². The molecule has 1 aliphatic rings. The first-order valence-corrected chi connectivity index (χ1v) is 7.83. The van der Waals surface area contributed by atoms with Crippen molar-refractivity contribution >= 4 is 17.6 Å². The standard InChI is InChI=1S/C19H19NO4/c1-13-4-2-5-14(10-13)12-24-16-7-3-6-15(11-16)20-17(21)19(8-9-19)18(22)23/h2-7,10-11H,8-9,12H2,1H3,(H,20,21)(H,22,23). The molecule has 2 aromatic rings. The minimum absolute atomic E-state index is 0.387. The van der Waals surface area contributed by atoms with Crippen molar-refractivity contribution in [2.75, 3.05) is 5.32 Å². The van der Waals surface area contributed by atoms with Crippen LogP contribution in [0, 0.1) is 12.3 Å². The van der Waals surface area contributed by atoms with Crippen molar-refractivity contribution in [2.45, 2.75) is 26.4 Å². The number of carbonyl (C=O) groups excluding carboxylic acids is 1. The molecule has 5 heteroatoms. The molecule has 0 saturated heterocycles. The van der Waals surface area contributed by atoms with Gasteiger partial charge >= 0.3 is 5.97 Å². The average Bonchev–Trinajstić information content (AvgIpc) is 3.35. The van der Waals surface area contributed by atoms with Crippen LogP contribution in [0.1, 0.15) is 24.0 Å². The number of carboxylic acid groups (broad SMARTS) is 1. The van der Waals surface area contributed by atoms with Crippen molar-refractivity contribution < 1.29 is 19.4 Å². The molecule has 5 nitrogen and oxygen atoms in total. The Morgan fingerprint density at radius 2 is 1.92 bits per heavy atom. The largest absolute Gasteiger partial charge is 0.489 e. The van der Waals surface area contributed by atoms with E-state index in [2.05, 4.69) is 11.4 Å². The molecule has 1 fully saturated rings. The van der Waals surface area contributed by atoms with Crippen LogP contribution in [0.4, 0.5) is 5.69 Å². The van der Waals surface area contributed by atoms with Crippen molar-refractivity contribution in [1.82, 2.24) is 0 Å². The van der Waals surface area contributed by atoms with Crippen molar-refractivity contribution in [3.63, 3.8) is 0 Å². The highest BCUT2D eigenvalue weighted by molar-refractivity contribution is 6.10. The third-order valence-electron chi connectivity index (χ3n) is 4.17. The molecule has 3 rings (SSSR count). The first-order chi connectivity index (χ1) is 11.5. The number of carbonyl (C=O) groups is 2. The lowest BCUT2D eigenvalue weighted by molar-refractivity contribution is -0.147. The summed E-state index contributed by atoms with van der Waals surface area (Å²) < 4.78 is 5.75. The van der Waals surface area contributed by atoms with Gasteiger partial charge in [-0.15, -0.1) is 0 Å². The molecule has 0 unspecified atom stereocenters. The Bertz CT molecular complexity index is 780. The fraction of sp³-hybridized carbons (Fsp3) is 0.263. The molecule has 124 valence electrons. The highest BCUT2D eigenvalue weighted by Gasteiger charge is 2.57. The summed E-state index contributed by atoms with van der Waals surface area (Å²) in [6.07, 6.45) is 0.773. The van der Waals surface area contributed by atoms with E-state index in [0.717, 1.165) is 5.56 Å². The number of aryl methyl sites for hydroxylation is 1. The minimum Gasteiger partial charge on any atom is -0.489 e. The number of carboxylic acids is 1. The zero-order valence-electron chi connectivity index (χ0n) is 13.4. The van der Waals surface area contributed by atoms with Gasteiger partial charge in [0.2, 0.25) is 5.91 Å². The molecule has 1 saturated carbocycles. The number of benzene rings is 2. The normalized spacial score (nSPS) is 14.7. The van der Waals surface area contributed by atoms with Gasteiger partial charge in [0.05, 0.1) is 0 Å². The van der Waals surface area contributed by atoms with Gasteiger partial charge in [0.25, 0.3) is 0 Å². The monoisotopic (exact) mass is 325 g/mol. The van der Waals surface area contributed by atoms with Gasteiger partial charge in [-0.2, -0.15) is 0 Å². The summed E-state index contributed by atoms with van der Waals surface area (Å²) in [5.74, 6) is -0.910. The third-order valence-corrected chi connectivity index (χ3v) is 4.17. The second-order valence-corrected chi connectivity index (χ2v) is 6.15. The molecular formula is C19H19NO4. The van der Waals surface area contributed by atoms with Crippen LogP contribution in [-0.4, -0.2) is 17.0 Å². The van der Waals surface area contributed by atoms with Crippen molar-refractivity contribution in [1.29, 1.82) is 0 Å². The Morgan fingerprint density at radius 1 is 1.17 bits per heavy atom. The van der Waals surface area contributed by atoms with Crippen LogP contribution in [-0.2, 0) is 16.2 Å². The molecule has 0 heterocycles. The number of nitrogens with one attached hydrogen (secondary N) is 1. The molecule has 0 bridgehead atoms. The number of aliphatic carboxylic acids is 1. The molecule has 24 heavy (non-hydrogen) atoms. The van der Waals surface area contributed by atoms with Crippen LogP contribution in [0.25, 0.3) is 0 Å². The fourth-order valence-corrected chi connectivity index (χ4v) is 2.55. The summed E-state index contributed by atoms with van der Waals surface area (Å²) in [6, 6.07) is 15.0. The smallest absolute Gasteiger partial charge is 0.319 e. The van der Waals surface area contributed by atoms with Gasteiger partial charge in [0.15, 0.2) is 0 Å². The van der Waals surface area contributed by atoms with Gasteiger partial charge in [-0.1, -0.05) is 35.9 Å². The van der Waals surface area contributed by atoms with Crippen molar-refractivity contribution in [3.8, 4) is 5.75 Å². The van der Waals surface area contributed by atoms with Crippen LogP contribution in [0.5, 0.6) is 5.75 Å². The summed E-state index contributed by atoms with van der Waals surface area (Å²) in [5, 5.41) is 11.8. The summed E-state index contributed by atoms with van der Waals surface area (Å²) in [6.45, 7) is 2.45. The Morgan fingerprint density at radius 3 is 2.58 bits per heavy atom. The molecule has 2 N–H and O–H groups in total. The second kappa shape index (κ2) is 6.35. The molecule has 0 aliphatic heterocycles. The Balaban J connectivity index is 1.64. The van der Waals surface area contributed by atoms with Crippen molar-refractivity contribution in [3.05, 3.63) is 59.7 Å². The van der Waals surface area contributed by atoms with E-state index >= 15 is 0 Å². The first kappa shape index (κ1) is 16.1. The van der Waals surface area contributed by atoms with Crippen LogP contribution in [0.2, 0.25) is 0 Å². The predicted molar refractivity (Wildman–Crippen MR) is 89.9 cm³/mol. The van der Waals surface area contributed by atoms with Crippen LogP contribution in [0.15, 0.2) is 48.5 Å². The number of rotatable bonds is 6. The van der Waals surface area contributed by atoms with Gasteiger partial charge in [0.1, 0.15) is 17.8 Å². The van der Waals surface area contributed by atoms with Crippen molar-refractivity contribution in [2.24, 2.45) is 5.41 Å². The maximum atomic E-state index is 12.1. The molecule has 0 aromatic heterocycles.